The fourth-order valence-corrected chi connectivity index (χ4v) is 5.44. The Balaban J connectivity index is 1.41. The lowest BCUT2D eigenvalue weighted by Gasteiger charge is -2.48. The number of anilines is 1. The maximum atomic E-state index is 13.4. The summed E-state index contributed by atoms with van der Waals surface area (Å²) < 4.78 is 6.67. The van der Waals surface area contributed by atoms with Crippen molar-refractivity contribution in [1.82, 2.24) is 20.3 Å². The van der Waals surface area contributed by atoms with Gasteiger partial charge in [-0.2, -0.15) is 0 Å². The number of nitrogens with one attached hydrogen (secondary N) is 2. The second-order valence-corrected chi connectivity index (χ2v) is 9.50. The molecule has 0 atom stereocenters. The van der Waals surface area contributed by atoms with Crippen molar-refractivity contribution in [3.63, 3.8) is 0 Å². The number of aromatic nitrogens is 3. The molecule has 178 valence electrons. The number of carbonyl (C=O) groups is 1. The average Bonchev–Trinajstić information content (AvgIpc) is 3.32. The summed E-state index contributed by atoms with van der Waals surface area (Å²) in [5, 5.41) is 6.56. The SMILES string of the molecule is Cc1ccc(-c2nc(NC(=O)C[N+]3(C4CCNCC4)CCCCC3)cc(-c3ccccn3)n2)o1. The summed E-state index contributed by atoms with van der Waals surface area (Å²) in [6, 6.07) is 11.8. The molecule has 0 aliphatic carbocycles. The Kier molecular flexibility index (Phi) is 6.69. The van der Waals surface area contributed by atoms with E-state index in [1.54, 1.807) is 12.3 Å². The number of quaternary nitrogens is 1. The Morgan fingerprint density at radius 1 is 1.09 bits per heavy atom. The van der Waals surface area contributed by atoms with Crippen molar-refractivity contribution in [2.24, 2.45) is 0 Å². The van der Waals surface area contributed by atoms with Crippen molar-refractivity contribution in [2.45, 2.75) is 45.1 Å². The van der Waals surface area contributed by atoms with Crippen LogP contribution in [0.15, 0.2) is 47.0 Å². The molecule has 3 aromatic heterocycles. The van der Waals surface area contributed by atoms with Gasteiger partial charge < -0.3 is 19.5 Å². The third-order valence-electron chi connectivity index (χ3n) is 7.13. The molecule has 2 saturated heterocycles. The number of aryl methyl sites for hydroxylation is 1. The fraction of sp³-hybridized carbons (Fsp3) is 0.462. The molecule has 0 unspecified atom stereocenters. The monoisotopic (exact) mass is 461 g/mol. The zero-order valence-electron chi connectivity index (χ0n) is 19.8. The standard InChI is InChI=1S/C26H32N6O2/c1-19-8-9-23(34-19)26-29-22(21-7-3-4-12-28-21)17-24(31-26)30-25(33)18-32(15-5-2-6-16-32)20-10-13-27-14-11-20/h3-4,7-9,12,17,20,27H,2,5-6,10-11,13-16,18H2,1H3/p+1. The molecule has 0 bridgehead atoms. The molecule has 2 N–H and O–H groups in total. The molecule has 0 spiro atoms. The van der Waals surface area contributed by atoms with E-state index in [0.29, 0.717) is 35.7 Å². The highest BCUT2D eigenvalue weighted by Gasteiger charge is 2.40. The molecule has 1 amide bonds. The van der Waals surface area contributed by atoms with Crippen LogP contribution >= 0.6 is 0 Å². The largest absolute Gasteiger partial charge is 0.458 e. The molecule has 0 aromatic carbocycles. The van der Waals surface area contributed by atoms with Crippen LogP contribution in [0.5, 0.6) is 0 Å². The summed E-state index contributed by atoms with van der Waals surface area (Å²) in [6.45, 7) is 6.62. The number of furan rings is 1. The van der Waals surface area contributed by atoms with Gasteiger partial charge in [0.25, 0.3) is 5.91 Å². The van der Waals surface area contributed by atoms with Crippen molar-refractivity contribution in [3.8, 4) is 23.0 Å². The smallest absolute Gasteiger partial charge is 0.280 e. The Labute approximate surface area is 200 Å². The highest BCUT2D eigenvalue weighted by Crippen LogP contribution is 2.29. The maximum absolute atomic E-state index is 13.4. The molecule has 8 heteroatoms. The predicted octanol–water partition coefficient (Wildman–Crippen LogP) is 3.80. The van der Waals surface area contributed by atoms with Gasteiger partial charge in [-0.3, -0.25) is 9.78 Å². The van der Waals surface area contributed by atoms with Crippen molar-refractivity contribution in [2.75, 3.05) is 38.0 Å². The molecule has 5 rings (SSSR count). The van der Waals surface area contributed by atoms with Crippen LogP contribution in [0.25, 0.3) is 23.0 Å². The van der Waals surface area contributed by atoms with E-state index in [-0.39, 0.29) is 5.91 Å². The number of piperidine rings is 2. The minimum Gasteiger partial charge on any atom is -0.458 e. The summed E-state index contributed by atoms with van der Waals surface area (Å²) >= 11 is 0. The number of hydrogen-bond acceptors (Lipinski definition) is 6. The van der Waals surface area contributed by atoms with Gasteiger partial charge in [-0.25, -0.2) is 9.97 Å². The Bertz CT molecular complexity index is 1120. The number of likely N-dealkylation sites (tertiary alicyclic amines) is 1. The molecule has 34 heavy (non-hydrogen) atoms. The maximum Gasteiger partial charge on any atom is 0.280 e. The molecular formula is C26H33N6O2+. The van der Waals surface area contributed by atoms with E-state index in [4.69, 9.17) is 4.42 Å². The van der Waals surface area contributed by atoms with Crippen LogP contribution in [0.3, 0.4) is 0 Å². The van der Waals surface area contributed by atoms with E-state index in [2.05, 4.69) is 25.6 Å². The second-order valence-electron chi connectivity index (χ2n) is 9.50. The lowest BCUT2D eigenvalue weighted by atomic mass is 9.96. The zero-order valence-corrected chi connectivity index (χ0v) is 19.8. The van der Waals surface area contributed by atoms with Crippen molar-refractivity contribution in [3.05, 3.63) is 48.4 Å². The van der Waals surface area contributed by atoms with Gasteiger partial charge in [0.2, 0.25) is 0 Å². The molecule has 3 aromatic rings. The van der Waals surface area contributed by atoms with Gasteiger partial charge in [0.1, 0.15) is 11.6 Å². The van der Waals surface area contributed by atoms with E-state index in [0.717, 1.165) is 55.0 Å². The normalized spacial score (nSPS) is 18.5. The highest BCUT2D eigenvalue weighted by atomic mass is 16.3. The fourth-order valence-electron chi connectivity index (χ4n) is 5.44. The van der Waals surface area contributed by atoms with E-state index >= 15 is 0 Å². The molecule has 2 aliphatic rings. The first-order valence-electron chi connectivity index (χ1n) is 12.3. The number of pyridine rings is 1. The van der Waals surface area contributed by atoms with Crippen molar-refractivity contribution < 1.29 is 13.7 Å². The van der Waals surface area contributed by atoms with E-state index in [1.807, 2.05) is 37.3 Å². The third kappa shape index (κ3) is 5.03. The van der Waals surface area contributed by atoms with Crippen LogP contribution in [-0.2, 0) is 4.79 Å². The summed E-state index contributed by atoms with van der Waals surface area (Å²) in [5.41, 5.74) is 1.37. The molecule has 2 aliphatic heterocycles. The molecular weight excluding hydrogens is 428 g/mol. The molecule has 5 heterocycles. The predicted molar refractivity (Wildman–Crippen MR) is 131 cm³/mol. The van der Waals surface area contributed by atoms with Gasteiger partial charge in [0.05, 0.1) is 30.5 Å². The van der Waals surface area contributed by atoms with Crippen molar-refractivity contribution in [1.29, 1.82) is 0 Å². The van der Waals surface area contributed by atoms with Crippen LogP contribution in [0, 0.1) is 6.92 Å². The van der Waals surface area contributed by atoms with E-state index in [1.165, 1.54) is 19.3 Å². The van der Waals surface area contributed by atoms with Gasteiger partial charge in [0, 0.05) is 38.2 Å². The minimum atomic E-state index is 0.00711. The van der Waals surface area contributed by atoms with Gasteiger partial charge in [-0.05, 0) is 50.5 Å². The zero-order chi connectivity index (χ0) is 23.4. The topological polar surface area (TPSA) is 92.9 Å². The van der Waals surface area contributed by atoms with Crippen LogP contribution < -0.4 is 10.6 Å². The first-order chi connectivity index (χ1) is 16.6. The van der Waals surface area contributed by atoms with Gasteiger partial charge in [0.15, 0.2) is 18.1 Å². The first kappa shape index (κ1) is 22.7. The summed E-state index contributed by atoms with van der Waals surface area (Å²) in [5.74, 6) is 2.27. The highest BCUT2D eigenvalue weighted by molar-refractivity contribution is 5.91. The average molecular weight is 462 g/mol. The van der Waals surface area contributed by atoms with Crippen LogP contribution in [0.1, 0.15) is 37.9 Å². The third-order valence-corrected chi connectivity index (χ3v) is 7.13. The summed E-state index contributed by atoms with van der Waals surface area (Å²) in [7, 11) is 0. The van der Waals surface area contributed by atoms with Crippen LogP contribution in [0.4, 0.5) is 5.82 Å². The molecule has 8 nitrogen and oxygen atoms in total. The summed E-state index contributed by atoms with van der Waals surface area (Å²) in [4.78, 5) is 27.1. The number of carbonyl (C=O) groups excluding carboxylic acids is 1. The Hall–Kier alpha value is -3.10. The number of amides is 1. The number of nitrogens with zero attached hydrogens (tertiary/aromatic N) is 4. The van der Waals surface area contributed by atoms with Gasteiger partial charge >= 0.3 is 0 Å². The van der Waals surface area contributed by atoms with Gasteiger partial charge in [-0.15, -0.1) is 0 Å². The lowest BCUT2D eigenvalue weighted by molar-refractivity contribution is -0.949. The van der Waals surface area contributed by atoms with Crippen LogP contribution in [0.2, 0.25) is 0 Å². The van der Waals surface area contributed by atoms with Crippen molar-refractivity contribution >= 4 is 11.7 Å². The number of rotatable bonds is 6. The molecule has 0 saturated carbocycles. The second kappa shape index (κ2) is 10.0. The number of hydrogen-bond donors (Lipinski definition) is 2. The van der Waals surface area contributed by atoms with E-state index < -0.39 is 0 Å². The molecule has 2 fully saturated rings. The van der Waals surface area contributed by atoms with Crippen LogP contribution in [-0.4, -0.2) is 64.1 Å². The Morgan fingerprint density at radius 2 is 1.91 bits per heavy atom. The Morgan fingerprint density at radius 3 is 2.62 bits per heavy atom. The molecule has 0 radical (unpaired) electrons. The first-order valence-corrected chi connectivity index (χ1v) is 12.3. The summed E-state index contributed by atoms with van der Waals surface area (Å²) in [6.07, 6.45) is 7.64. The lowest BCUT2D eigenvalue weighted by Crippen LogP contribution is -2.63. The quantitative estimate of drug-likeness (QED) is 0.543. The minimum absolute atomic E-state index is 0.00711. The van der Waals surface area contributed by atoms with Gasteiger partial charge in [-0.1, -0.05) is 6.07 Å². The van der Waals surface area contributed by atoms with E-state index in [9.17, 15) is 4.79 Å².